The average Bonchev–Trinajstić information content (AvgIpc) is 2.52. The molecule has 5 heteroatoms. The second kappa shape index (κ2) is 8.39. The molecule has 2 atom stereocenters. The second-order valence-electron chi connectivity index (χ2n) is 5.99. The van der Waals surface area contributed by atoms with Gasteiger partial charge in [-0.15, -0.1) is 0 Å². The van der Waals surface area contributed by atoms with Gasteiger partial charge in [0.05, 0.1) is 6.61 Å². The summed E-state index contributed by atoms with van der Waals surface area (Å²) in [6.07, 6.45) is 2.70. The topological polar surface area (TPSA) is 41.6 Å². The molecule has 122 valence electrons. The molecule has 0 radical (unpaired) electrons. The molecule has 0 spiro atoms. The molecule has 4 nitrogen and oxygen atoms in total. The lowest BCUT2D eigenvalue weighted by atomic mass is 9.92. The minimum Gasteiger partial charge on any atom is -0.494 e. The van der Waals surface area contributed by atoms with Crippen LogP contribution in [0.4, 0.5) is 0 Å². The summed E-state index contributed by atoms with van der Waals surface area (Å²) in [5.74, 6) is 1.24. The van der Waals surface area contributed by atoms with E-state index in [0.29, 0.717) is 17.7 Å². The van der Waals surface area contributed by atoms with E-state index in [1.807, 2.05) is 36.2 Å². The molecule has 1 aromatic carbocycles. The number of ether oxygens (including phenoxy) is 1. The summed E-state index contributed by atoms with van der Waals surface area (Å²) in [6.45, 7) is 4.40. The third-order valence-electron chi connectivity index (χ3n) is 4.07. The summed E-state index contributed by atoms with van der Waals surface area (Å²) >= 11 is 5.83. The van der Waals surface area contributed by atoms with Gasteiger partial charge in [-0.3, -0.25) is 4.79 Å². The predicted octanol–water partition coefficient (Wildman–Crippen LogP) is 2.96. The summed E-state index contributed by atoms with van der Waals surface area (Å²) in [4.78, 5) is 14.2. The molecule has 0 aromatic heterocycles. The van der Waals surface area contributed by atoms with Crippen LogP contribution in [0.3, 0.4) is 0 Å². The van der Waals surface area contributed by atoms with Crippen LogP contribution in [0.25, 0.3) is 0 Å². The Balaban J connectivity index is 1.67. The largest absolute Gasteiger partial charge is 0.494 e. The quantitative estimate of drug-likeness (QED) is 0.818. The van der Waals surface area contributed by atoms with Gasteiger partial charge in [-0.2, -0.15) is 0 Å². The van der Waals surface area contributed by atoms with Crippen LogP contribution in [0.2, 0.25) is 5.02 Å². The fraction of sp³-hybridized carbons (Fsp3) is 0.588. The van der Waals surface area contributed by atoms with E-state index in [9.17, 15) is 4.79 Å². The maximum atomic E-state index is 12.4. The summed E-state index contributed by atoms with van der Waals surface area (Å²) in [6, 6.07) is 7.76. The molecular formula is C17H25ClN2O2. The first-order valence-electron chi connectivity index (χ1n) is 7.93. The lowest BCUT2D eigenvalue weighted by Crippen LogP contribution is -2.43. The minimum atomic E-state index is 0.165. The molecule has 2 rings (SSSR count). The lowest BCUT2D eigenvalue weighted by molar-refractivity contribution is -0.135. The van der Waals surface area contributed by atoms with E-state index in [1.165, 1.54) is 0 Å². The number of hydrogen-bond donors (Lipinski definition) is 1. The lowest BCUT2D eigenvalue weighted by Gasteiger charge is -2.30. The van der Waals surface area contributed by atoms with E-state index >= 15 is 0 Å². The molecule has 0 bridgehead atoms. The summed E-state index contributed by atoms with van der Waals surface area (Å²) < 4.78 is 5.65. The van der Waals surface area contributed by atoms with Crippen molar-refractivity contribution < 1.29 is 9.53 Å². The molecule has 0 aliphatic carbocycles. The number of amides is 1. The Morgan fingerprint density at radius 1 is 1.41 bits per heavy atom. The smallest absolute Gasteiger partial charge is 0.225 e. The highest BCUT2D eigenvalue weighted by Crippen LogP contribution is 2.19. The van der Waals surface area contributed by atoms with Crippen LogP contribution in [-0.2, 0) is 4.79 Å². The zero-order chi connectivity index (χ0) is 15.9. The number of nitrogens with zero attached hydrogens (tertiary/aromatic N) is 1. The molecule has 1 fully saturated rings. The van der Waals surface area contributed by atoms with Crippen molar-refractivity contribution in [1.82, 2.24) is 10.2 Å². The number of halogens is 1. The van der Waals surface area contributed by atoms with Crippen molar-refractivity contribution in [3.8, 4) is 5.75 Å². The predicted molar refractivity (Wildman–Crippen MR) is 89.4 cm³/mol. The second-order valence-corrected chi connectivity index (χ2v) is 6.43. The van der Waals surface area contributed by atoms with Crippen LogP contribution in [0.1, 0.15) is 26.2 Å². The number of carbonyl (C=O) groups excluding carboxylic acids is 1. The highest BCUT2D eigenvalue weighted by Gasteiger charge is 2.26. The molecule has 1 amide bonds. The van der Waals surface area contributed by atoms with Crippen molar-refractivity contribution in [1.29, 1.82) is 0 Å². The molecule has 1 aliphatic rings. The number of piperidine rings is 1. The highest BCUT2D eigenvalue weighted by molar-refractivity contribution is 6.30. The van der Waals surface area contributed by atoms with Gasteiger partial charge in [0.1, 0.15) is 5.75 Å². The Morgan fingerprint density at radius 3 is 2.82 bits per heavy atom. The van der Waals surface area contributed by atoms with Crippen molar-refractivity contribution in [2.24, 2.45) is 5.92 Å². The van der Waals surface area contributed by atoms with Gasteiger partial charge in [-0.1, -0.05) is 11.6 Å². The number of benzene rings is 1. The number of carbonyl (C=O) groups is 1. The molecule has 1 heterocycles. The van der Waals surface area contributed by atoms with Gasteiger partial charge >= 0.3 is 0 Å². The van der Waals surface area contributed by atoms with Crippen molar-refractivity contribution in [2.75, 3.05) is 26.7 Å². The van der Waals surface area contributed by atoms with E-state index < -0.39 is 0 Å². The Hall–Kier alpha value is -1.26. The van der Waals surface area contributed by atoms with Crippen LogP contribution in [-0.4, -0.2) is 43.6 Å². The number of rotatable bonds is 6. The van der Waals surface area contributed by atoms with E-state index in [1.54, 1.807) is 0 Å². The number of nitrogens with one attached hydrogen (secondary N) is 1. The van der Waals surface area contributed by atoms with Gasteiger partial charge < -0.3 is 15.0 Å². The Labute approximate surface area is 137 Å². The SMILES string of the molecule is C[C@H]1C[C@@H](C(=O)N(C)CCCOc2ccc(Cl)cc2)CCN1. The average molecular weight is 325 g/mol. The van der Waals surface area contributed by atoms with Crippen molar-refractivity contribution in [3.05, 3.63) is 29.3 Å². The fourth-order valence-electron chi connectivity index (χ4n) is 2.80. The zero-order valence-electron chi connectivity index (χ0n) is 13.3. The Kier molecular flexibility index (Phi) is 6.52. The van der Waals surface area contributed by atoms with Crippen molar-refractivity contribution >= 4 is 17.5 Å². The summed E-state index contributed by atoms with van der Waals surface area (Å²) in [5.41, 5.74) is 0. The van der Waals surface area contributed by atoms with Crippen LogP contribution in [0, 0.1) is 5.92 Å². The van der Waals surface area contributed by atoms with E-state index in [4.69, 9.17) is 16.3 Å². The minimum absolute atomic E-state index is 0.165. The summed E-state index contributed by atoms with van der Waals surface area (Å²) in [7, 11) is 1.89. The van der Waals surface area contributed by atoms with Gasteiger partial charge in [0.2, 0.25) is 5.91 Å². The normalized spacial score (nSPS) is 21.4. The Morgan fingerprint density at radius 2 is 2.14 bits per heavy atom. The molecule has 0 saturated carbocycles. The maximum Gasteiger partial charge on any atom is 0.225 e. The maximum absolute atomic E-state index is 12.4. The van der Waals surface area contributed by atoms with E-state index in [2.05, 4.69) is 12.2 Å². The Bertz CT molecular complexity index is 478. The van der Waals surface area contributed by atoms with Crippen LogP contribution < -0.4 is 10.1 Å². The first-order valence-corrected chi connectivity index (χ1v) is 8.31. The van der Waals surface area contributed by atoms with Gasteiger partial charge in [-0.05, 0) is 57.0 Å². The third kappa shape index (κ3) is 5.18. The third-order valence-corrected chi connectivity index (χ3v) is 4.32. The fourth-order valence-corrected chi connectivity index (χ4v) is 2.93. The van der Waals surface area contributed by atoms with Crippen LogP contribution >= 0.6 is 11.6 Å². The first kappa shape index (κ1) is 17.1. The van der Waals surface area contributed by atoms with Gasteiger partial charge in [-0.25, -0.2) is 0 Å². The van der Waals surface area contributed by atoms with Gasteiger partial charge in [0.25, 0.3) is 0 Å². The number of hydrogen-bond acceptors (Lipinski definition) is 3. The van der Waals surface area contributed by atoms with Crippen LogP contribution in [0.15, 0.2) is 24.3 Å². The molecule has 1 saturated heterocycles. The van der Waals surface area contributed by atoms with Crippen molar-refractivity contribution in [2.45, 2.75) is 32.2 Å². The van der Waals surface area contributed by atoms with Gasteiger partial charge in [0, 0.05) is 30.6 Å². The molecule has 22 heavy (non-hydrogen) atoms. The zero-order valence-corrected chi connectivity index (χ0v) is 14.1. The molecule has 0 unspecified atom stereocenters. The molecule has 1 N–H and O–H groups in total. The monoisotopic (exact) mass is 324 g/mol. The summed E-state index contributed by atoms with van der Waals surface area (Å²) in [5, 5.41) is 4.08. The standard InChI is InChI=1S/C17H25ClN2O2/c1-13-12-14(8-9-19-13)17(21)20(2)10-3-11-22-16-6-4-15(18)5-7-16/h4-7,13-14,19H,3,8-12H2,1-2H3/t13-,14-/m0/s1. The van der Waals surface area contributed by atoms with Crippen LogP contribution in [0.5, 0.6) is 5.75 Å². The van der Waals surface area contributed by atoms with Gasteiger partial charge in [0.15, 0.2) is 0 Å². The molecule has 1 aromatic rings. The van der Waals surface area contributed by atoms with Crippen molar-refractivity contribution in [3.63, 3.8) is 0 Å². The van der Waals surface area contributed by atoms with E-state index in [0.717, 1.165) is 38.1 Å². The van der Waals surface area contributed by atoms with E-state index in [-0.39, 0.29) is 11.8 Å². The highest BCUT2D eigenvalue weighted by atomic mass is 35.5. The molecular weight excluding hydrogens is 300 g/mol. The molecule has 1 aliphatic heterocycles. The first-order chi connectivity index (χ1) is 10.6.